The van der Waals surface area contributed by atoms with Crippen LogP contribution >= 0.6 is 34.9 Å². The summed E-state index contributed by atoms with van der Waals surface area (Å²) < 4.78 is 2.11. The predicted molar refractivity (Wildman–Crippen MR) is 82.5 cm³/mol. The molecule has 0 aliphatic rings. The zero-order valence-electron chi connectivity index (χ0n) is 10.1. The van der Waals surface area contributed by atoms with Crippen molar-refractivity contribution in [1.29, 1.82) is 0 Å². The topological polar surface area (TPSA) is 25.8 Å². The van der Waals surface area contributed by atoms with E-state index in [0.717, 1.165) is 20.2 Å². The summed E-state index contributed by atoms with van der Waals surface area (Å²) in [6.45, 7) is 2.13. The molecule has 18 heavy (non-hydrogen) atoms. The van der Waals surface area contributed by atoms with E-state index >= 15 is 0 Å². The lowest BCUT2D eigenvalue weighted by Gasteiger charge is -1.91. The summed E-state index contributed by atoms with van der Waals surface area (Å²) in [6.07, 6.45) is 4.30. The van der Waals surface area contributed by atoms with Gasteiger partial charge in [0.2, 0.25) is 0 Å². The summed E-state index contributed by atoms with van der Waals surface area (Å²) in [4.78, 5) is 0. The van der Waals surface area contributed by atoms with E-state index in [0.29, 0.717) is 0 Å². The molecule has 0 fully saturated rings. The summed E-state index contributed by atoms with van der Waals surface area (Å²) in [6, 6.07) is 10.3. The minimum Gasteiger partial charge on any atom is -0.131 e. The Balaban J connectivity index is 1.79. The first-order valence-electron chi connectivity index (χ1n) is 5.69. The van der Waals surface area contributed by atoms with Gasteiger partial charge in [-0.15, -0.1) is 10.2 Å². The molecular weight excluding hydrogens is 280 g/mol. The molecule has 0 saturated carbocycles. The molecule has 1 aromatic heterocycles. The van der Waals surface area contributed by atoms with Gasteiger partial charge in [0.25, 0.3) is 0 Å². The standard InChI is InChI=1S/C13H14N2S3/c1-2-16-12-14-15-13(18-12)17-10-6-9-11-7-4-3-5-8-11/h3-9H,2,10H2,1H3. The molecule has 0 atom stereocenters. The van der Waals surface area contributed by atoms with Crippen molar-refractivity contribution < 1.29 is 0 Å². The van der Waals surface area contributed by atoms with Crippen LogP contribution in [0.3, 0.4) is 0 Å². The van der Waals surface area contributed by atoms with E-state index in [1.54, 1.807) is 34.9 Å². The molecule has 0 bridgehead atoms. The van der Waals surface area contributed by atoms with Gasteiger partial charge in [-0.25, -0.2) is 0 Å². The molecule has 2 nitrogen and oxygen atoms in total. The summed E-state index contributed by atoms with van der Waals surface area (Å²) in [7, 11) is 0. The third-order valence-electron chi connectivity index (χ3n) is 2.07. The molecule has 94 valence electrons. The molecule has 2 aromatic rings. The third-order valence-corrected chi connectivity index (χ3v) is 5.09. The second-order valence-electron chi connectivity index (χ2n) is 3.39. The van der Waals surface area contributed by atoms with Gasteiger partial charge >= 0.3 is 0 Å². The van der Waals surface area contributed by atoms with E-state index in [2.05, 4.69) is 41.4 Å². The quantitative estimate of drug-likeness (QED) is 0.735. The predicted octanol–water partition coefficient (Wildman–Crippen LogP) is 4.46. The zero-order valence-corrected chi connectivity index (χ0v) is 12.5. The monoisotopic (exact) mass is 294 g/mol. The van der Waals surface area contributed by atoms with Gasteiger partial charge in [-0.2, -0.15) is 0 Å². The minimum absolute atomic E-state index is 0.931. The van der Waals surface area contributed by atoms with Gasteiger partial charge in [-0.3, -0.25) is 0 Å². The molecule has 0 unspecified atom stereocenters. The van der Waals surface area contributed by atoms with Crippen LogP contribution in [0.2, 0.25) is 0 Å². The Kier molecular flexibility index (Phi) is 5.77. The van der Waals surface area contributed by atoms with Crippen LogP contribution in [0, 0.1) is 0 Å². The van der Waals surface area contributed by atoms with Gasteiger partial charge in [-0.05, 0) is 11.3 Å². The second kappa shape index (κ2) is 7.61. The highest BCUT2D eigenvalue weighted by Crippen LogP contribution is 2.28. The van der Waals surface area contributed by atoms with Crippen molar-refractivity contribution in [2.45, 2.75) is 15.6 Å². The number of benzene rings is 1. The molecule has 0 spiro atoms. The SMILES string of the molecule is CCSc1nnc(SCC=Cc2ccccc2)s1. The highest BCUT2D eigenvalue weighted by Gasteiger charge is 2.02. The first-order valence-corrected chi connectivity index (χ1v) is 8.48. The van der Waals surface area contributed by atoms with E-state index in [1.165, 1.54) is 5.56 Å². The van der Waals surface area contributed by atoms with E-state index < -0.39 is 0 Å². The largest absolute Gasteiger partial charge is 0.175 e. The summed E-state index contributed by atoms with van der Waals surface area (Å²) in [5, 5.41) is 8.29. The second-order valence-corrected chi connectivity index (χ2v) is 7.15. The van der Waals surface area contributed by atoms with Crippen LogP contribution in [0.25, 0.3) is 6.08 Å². The van der Waals surface area contributed by atoms with Crippen LogP contribution in [-0.4, -0.2) is 21.7 Å². The van der Waals surface area contributed by atoms with Crippen LogP contribution < -0.4 is 0 Å². The first kappa shape index (κ1) is 13.6. The van der Waals surface area contributed by atoms with Crippen LogP contribution in [0.1, 0.15) is 12.5 Å². The first-order chi connectivity index (χ1) is 8.88. The third kappa shape index (κ3) is 4.48. The van der Waals surface area contributed by atoms with Crippen LogP contribution in [-0.2, 0) is 0 Å². The van der Waals surface area contributed by atoms with Crippen molar-refractivity contribution in [2.75, 3.05) is 11.5 Å². The number of nitrogens with zero attached hydrogens (tertiary/aromatic N) is 2. The Bertz CT molecular complexity index is 494. The van der Waals surface area contributed by atoms with Crippen LogP contribution in [0.4, 0.5) is 0 Å². The van der Waals surface area contributed by atoms with Crippen molar-refractivity contribution >= 4 is 40.9 Å². The number of rotatable bonds is 6. The van der Waals surface area contributed by atoms with Crippen molar-refractivity contribution in [3.63, 3.8) is 0 Å². The lowest BCUT2D eigenvalue weighted by Crippen LogP contribution is -1.74. The fourth-order valence-electron chi connectivity index (χ4n) is 1.31. The molecule has 0 amide bonds. The maximum atomic E-state index is 4.16. The van der Waals surface area contributed by atoms with Gasteiger partial charge in [0.1, 0.15) is 0 Å². The maximum absolute atomic E-state index is 4.16. The molecular formula is C13H14N2S3. The van der Waals surface area contributed by atoms with Crippen molar-refractivity contribution in [3.05, 3.63) is 42.0 Å². The van der Waals surface area contributed by atoms with Crippen molar-refractivity contribution in [1.82, 2.24) is 10.2 Å². The van der Waals surface area contributed by atoms with Gasteiger partial charge in [-0.1, -0.05) is 84.3 Å². The smallest absolute Gasteiger partial charge is 0.131 e. The molecule has 2 rings (SSSR count). The van der Waals surface area contributed by atoms with Crippen LogP contribution in [0.5, 0.6) is 0 Å². The minimum atomic E-state index is 0.931. The molecule has 0 saturated heterocycles. The number of aromatic nitrogens is 2. The molecule has 0 radical (unpaired) electrons. The Labute approximate surface area is 120 Å². The molecule has 0 N–H and O–H groups in total. The Morgan fingerprint density at radius 1 is 1.11 bits per heavy atom. The van der Waals surface area contributed by atoms with Gasteiger partial charge in [0.15, 0.2) is 8.68 Å². The zero-order chi connectivity index (χ0) is 12.6. The van der Waals surface area contributed by atoms with E-state index in [9.17, 15) is 0 Å². The van der Waals surface area contributed by atoms with Gasteiger partial charge in [0.05, 0.1) is 0 Å². The summed E-state index contributed by atoms with van der Waals surface area (Å²) >= 11 is 5.15. The molecule has 1 heterocycles. The Hall–Kier alpha value is -0.780. The highest BCUT2D eigenvalue weighted by molar-refractivity contribution is 8.03. The van der Waals surface area contributed by atoms with Crippen LogP contribution in [0.15, 0.2) is 45.1 Å². The average molecular weight is 294 g/mol. The highest BCUT2D eigenvalue weighted by atomic mass is 32.2. The molecule has 0 aliphatic carbocycles. The van der Waals surface area contributed by atoms with Crippen molar-refractivity contribution in [3.8, 4) is 0 Å². The summed E-state index contributed by atoms with van der Waals surface area (Å²) in [5.41, 5.74) is 1.23. The van der Waals surface area contributed by atoms with E-state index in [1.807, 2.05) is 18.2 Å². The van der Waals surface area contributed by atoms with E-state index in [4.69, 9.17) is 0 Å². The average Bonchev–Trinajstić information content (AvgIpc) is 2.84. The lowest BCUT2D eigenvalue weighted by atomic mass is 10.2. The maximum Gasteiger partial charge on any atom is 0.175 e. The number of hydrogen-bond donors (Lipinski definition) is 0. The fraction of sp³-hybridized carbons (Fsp3) is 0.231. The fourth-order valence-corrected chi connectivity index (χ4v) is 4.06. The Morgan fingerprint density at radius 3 is 2.56 bits per heavy atom. The molecule has 5 heteroatoms. The summed E-state index contributed by atoms with van der Waals surface area (Å²) in [5.74, 6) is 1.98. The van der Waals surface area contributed by atoms with Gasteiger partial charge < -0.3 is 0 Å². The van der Waals surface area contributed by atoms with Gasteiger partial charge in [0, 0.05) is 5.75 Å². The number of hydrogen-bond acceptors (Lipinski definition) is 5. The lowest BCUT2D eigenvalue weighted by molar-refractivity contribution is 0.955. The normalized spacial score (nSPS) is 11.2. The number of thioether (sulfide) groups is 2. The van der Waals surface area contributed by atoms with E-state index in [-0.39, 0.29) is 0 Å². The van der Waals surface area contributed by atoms with Crippen molar-refractivity contribution in [2.24, 2.45) is 0 Å². The molecule has 1 aromatic carbocycles. The molecule has 0 aliphatic heterocycles. The Morgan fingerprint density at radius 2 is 1.83 bits per heavy atom.